The Labute approximate surface area is 113 Å². The summed E-state index contributed by atoms with van der Waals surface area (Å²) in [6, 6.07) is 7.66. The summed E-state index contributed by atoms with van der Waals surface area (Å²) >= 11 is 0. The van der Waals surface area contributed by atoms with E-state index in [0.29, 0.717) is 19.7 Å². The second-order valence-corrected chi connectivity index (χ2v) is 4.14. The average Bonchev–Trinajstić information content (AvgIpc) is 2.39. The number of rotatable bonds is 8. The van der Waals surface area contributed by atoms with Crippen LogP contribution in [0.1, 0.15) is 18.9 Å². The maximum Gasteiger partial charge on any atom is 0.308 e. The highest BCUT2D eigenvalue weighted by molar-refractivity contribution is 5.69. The first-order valence-electron chi connectivity index (χ1n) is 6.33. The van der Waals surface area contributed by atoms with E-state index in [0.717, 1.165) is 11.3 Å². The minimum atomic E-state index is -0.725. The third kappa shape index (κ3) is 6.22. The summed E-state index contributed by atoms with van der Waals surface area (Å²) < 4.78 is 9.83. The van der Waals surface area contributed by atoms with Crippen LogP contribution in [-0.2, 0) is 16.1 Å². The molecule has 0 aliphatic rings. The molecule has 1 unspecified atom stereocenters. The second kappa shape index (κ2) is 8.50. The van der Waals surface area contributed by atoms with Crippen molar-refractivity contribution in [3.8, 4) is 5.75 Å². The molecule has 2 N–H and O–H groups in total. The largest absolute Gasteiger partial charge is 0.497 e. The number of hydrogen-bond donors (Lipinski definition) is 2. The first kappa shape index (κ1) is 15.5. The average molecular weight is 267 g/mol. The number of ether oxygens (including phenoxy) is 2. The minimum absolute atomic E-state index is 0.0173. The number of esters is 1. The monoisotopic (exact) mass is 267 g/mol. The van der Waals surface area contributed by atoms with Gasteiger partial charge in [-0.25, -0.2) is 0 Å². The van der Waals surface area contributed by atoms with E-state index in [9.17, 15) is 9.90 Å². The number of carbonyl (C=O) groups is 1. The van der Waals surface area contributed by atoms with Gasteiger partial charge in [-0.2, -0.15) is 0 Å². The van der Waals surface area contributed by atoms with Crippen LogP contribution in [0.25, 0.3) is 0 Å². The Balaban J connectivity index is 2.23. The van der Waals surface area contributed by atoms with Crippen LogP contribution in [0.5, 0.6) is 5.75 Å². The molecule has 0 amide bonds. The summed E-state index contributed by atoms with van der Waals surface area (Å²) in [7, 11) is 1.62. The summed E-state index contributed by atoms with van der Waals surface area (Å²) in [6.45, 7) is 3.06. The maximum atomic E-state index is 11.1. The molecule has 0 fully saturated rings. The van der Waals surface area contributed by atoms with Crippen molar-refractivity contribution in [3.05, 3.63) is 29.8 Å². The van der Waals surface area contributed by atoms with Crippen molar-refractivity contribution in [1.29, 1.82) is 0 Å². The molecule has 5 nitrogen and oxygen atoms in total. The molecule has 19 heavy (non-hydrogen) atoms. The van der Waals surface area contributed by atoms with Gasteiger partial charge in [-0.05, 0) is 24.6 Å². The quantitative estimate of drug-likeness (QED) is 0.690. The zero-order chi connectivity index (χ0) is 14.1. The number of carbonyl (C=O) groups excluding carboxylic acids is 1. The molecule has 0 radical (unpaired) electrons. The van der Waals surface area contributed by atoms with Gasteiger partial charge in [-0.15, -0.1) is 0 Å². The van der Waals surface area contributed by atoms with Gasteiger partial charge in [0.05, 0.1) is 26.2 Å². The molecule has 106 valence electrons. The molecule has 0 spiro atoms. The van der Waals surface area contributed by atoms with Gasteiger partial charge in [0.2, 0.25) is 0 Å². The highest BCUT2D eigenvalue weighted by Gasteiger charge is 2.10. The summed E-state index contributed by atoms with van der Waals surface area (Å²) in [5.41, 5.74) is 1.09. The lowest BCUT2D eigenvalue weighted by atomic mass is 10.2. The Kier molecular flexibility index (Phi) is 6.92. The maximum absolute atomic E-state index is 11.1. The lowest BCUT2D eigenvalue weighted by Crippen LogP contribution is -2.29. The van der Waals surface area contributed by atoms with Gasteiger partial charge < -0.3 is 19.9 Å². The molecule has 0 aliphatic heterocycles. The molecule has 5 heteroatoms. The molecule has 0 saturated heterocycles. The fourth-order valence-corrected chi connectivity index (χ4v) is 1.61. The first-order chi connectivity index (χ1) is 9.15. The molecule has 0 saturated carbocycles. The molecule has 1 atom stereocenters. The number of methoxy groups -OCH3 is 1. The second-order valence-electron chi connectivity index (χ2n) is 4.14. The van der Waals surface area contributed by atoms with Crippen LogP contribution in [0.4, 0.5) is 0 Å². The minimum Gasteiger partial charge on any atom is -0.497 e. The topological polar surface area (TPSA) is 67.8 Å². The molecule has 0 aliphatic carbocycles. The van der Waals surface area contributed by atoms with Crippen molar-refractivity contribution in [2.24, 2.45) is 0 Å². The molecular weight excluding hydrogens is 246 g/mol. The molecule has 0 aromatic heterocycles. The van der Waals surface area contributed by atoms with E-state index in [4.69, 9.17) is 9.47 Å². The highest BCUT2D eigenvalue weighted by atomic mass is 16.5. The van der Waals surface area contributed by atoms with E-state index >= 15 is 0 Å². The lowest BCUT2D eigenvalue weighted by molar-refractivity contribution is -0.145. The Bertz CT molecular complexity index is 378. The number of benzene rings is 1. The number of hydrogen-bond acceptors (Lipinski definition) is 5. The molecule has 0 bridgehead atoms. The van der Waals surface area contributed by atoms with Crippen LogP contribution >= 0.6 is 0 Å². The van der Waals surface area contributed by atoms with Crippen LogP contribution in [-0.4, -0.2) is 37.4 Å². The van der Waals surface area contributed by atoms with Crippen LogP contribution in [0.3, 0.4) is 0 Å². The van der Waals surface area contributed by atoms with E-state index < -0.39 is 6.10 Å². The van der Waals surface area contributed by atoms with Crippen LogP contribution in [0, 0.1) is 0 Å². The van der Waals surface area contributed by atoms with Gasteiger partial charge in [-0.3, -0.25) is 4.79 Å². The van der Waals surface area contributed by atoms with Gasteiger partial charge in [0.15, 0.2) is 0 Å². The first-order valence-corrected chi connectivity index (χ1v) is 6.33. The Morgan fingerprint density at radius 2 is 2.05 bits per heavy atom. The third-order valence-electron chi connectivity index (χ3n) is 2.58. The van der Waals surface area contributed by atoms with Crippen molar-refractivity contribution in [3.63, 3.8) is 0 Å². The predicted molar refractivity (Wildman–Crippen MR) is 72.0 cm³/mol. The molecular formula is C14H21NO4. The van der Waals surface area contributed by atoms with E-state index in [1.54, 1.807) is 14.0 Å². The van der Waals surface area contributed by atoms with Crippen LogP contribution in [0.2, 0.25) is 0 Å². The summed E-state index contributed by atoms with van der Waals surface area (Å²) in [6.07, 6.45) is -0.707. The van der Waals surface area contributed by atoms with Crippen LogP contribution in [0.15, 0.2) is 24.3 Å². The van der Waals surface area contributed by atoms with Crippen molar-refractivity contribution in [1.82, 2.24) is 5.32 Å². The predicted octanol–water partition coefficient (Wildman–Crippen LogP) is 1.10. The zero-order valence-corrected chi connectivity index (χ0v) is 11.4. The smallest absolute Gasteiger partial charge is 0.308 e. The molecule has 1 aromatic rings. The summed E-state index contributed by atoms with van der Waals surface area (Å²) in [4.78, 5) is 11.1. The summed E-state index contributed by atoms with van der Waals surface area (Å²) in [5, 5.41) is 12.7. The van der Waals surface area contributed by atoms with Gasteiger partial charge in [0.1, 0.15) is 5.75 Å². The number of nitrogens with one attached hydrogen (secondary N) is 1. The molecule has 1 rings (SSSR count). The fourth-order valence-electron chi connectivity index (χ4n) is 1.61. The van der Waals surface area contributed by atoms with Gasteiger partial charge >= 0.3 is 5.97 Å². The van der Waals surface area contributed by atoms with Crippen molar-refractivity contribution in [2.75, 3.05) is 20.3 Å². The van der Waals surface area contributed by atoms with E-state index in [-0.39, 0.29) is 12.4 Å². The highest BCUT2D eigenvalue weighted by Crippen LogP contribution is 2.10. The fraction of sp³-hybridized carbons (Fsp3) is 0.500. The normalized spacial score (nSPS) is 11.9. The molecule has 1 aromatic carbocycles. The Morgan fingerprint density at radius 3 is 2.63 bits per heavy atom. The van der Waals surface area contributed by atoms with Crippen molar-refractivity contribution in [2.45, 2.75) is 26.0 Å². The SMILES string of the molecule is CCOC(=O)CC(O)CNCc1ccc(OC)cc1. The lowest BCUT2D eigenvalue weighted by Gasteiger charge is -2.11. The third-order valence-corrected chi connectivity index (χ3v) is 2.58. The standard InChI is InChI=1S/C14H21NO4/c1-3-19-14(17)8-12(16)10-15-9-11-4-6-13(18-2)7-5-11/h4-7,12,15-16H,3,8-10H2,1-2H3. The zero-order valence-electron chi connectivity index (χ0n) is 11.4. The van der Waals surface area contributed by atoms with Crippen molar-refractivity contribution >= 4 is 5.97 Å². The van der Waals surface area contributed by atoms with Crippen LogP contribution < -0.4 is 10.1 Å². The van der Waals surface area contributed by atoms with E-state index in [2.05, 4.69) is 5.32 Å². The van der Waals surface area contributed by atoms with Crippen molar-refractivity contribution < 1.29 is 19.4 Å². The van der Waals surface area contributed by atoms with Gasteiger partial charge in [-0.1, -0.05) is 12.1 Å². The Hall–Kier alpha value is -1.59. The molecule has 0 heterocycles. The van der Waals surface area contributed by atoms with Gasteiger partial charge in [0.25, 0.3) is 0 Å². The van der Waals surface area contributed by atoms with E-state index in [1.807, 2.05) is 24.3 Å². The number of aliphatic hydroxyl groups is 1. The Morgan fingerprint density at radius 1 is 1.37 bits per heavy atom. The summed E-state index contributed by atoms with van der Waals surface area (Å²) in [5.74, 6) is 0.437. The number of aliphatic hydroxyl groups excluding tert-OH is 1. The van der Waals surface area contributed by atoms with Gasteiger partial charge in [0, 0.05) is 13.1 Å². The van der Waals surface area contributed by atoms with E-state index in [1.165, 1.54) is 0 Å².